The predicted molar refractivity (Wildman–Crippen MR) is 64.3 cm³/mol. The van der Waals surface area contributed by atoms with Gasteiger partial charge in [-0.2, -0.15) is 0 Å². The van der Waals surface area contributed by atoms with Gasteiger partial charge in [-0.3, -0.25) is 0 Å². The molecule has 0 bridgehead atoms. The van der Waals surface area contributed by atoms with E-state index in [0.717, 1.165) is 0 Å². The van der Waals surface area contributed by atoms with Crippen molar-refractivity contribution in [3.8, 4) is 11.6 Å². The average molecular weight is 298 g/mol. The molecule has 2 aromatic rings. The third-order valence-corrected chi connectivity index (χ3v) is 2.74. The fourth-order valence-corrected chi connectivity index (χ4v) is 1.60. The second-order valence-corrected chi connectivity index (χ2v) is 4.19. The monoisotopic (exact) mass is 297 g/mol. The van der Waals surface area contributed by atoms with Crippen LogP contribution in [0.3, 0.4) is 0 Å². The molecule has 0 aliphatic heterocycles. The number of hydrogen-bond acceptors (Lipinski definition) is 3. The van der Waals surface area contributed by atoms with E-state index < -0.39 is 0 Å². The number of nitrogens with zero attached hydrogens (tertiary/aromatic N) is 1. The minimum atomic E-state index is -0.387. The molecule has 1 heterocycles. The Kier molecular flexibility index (Phi) is 3.71. The highest BCUT2D eigenvalue weighted by Crippen LogP contribution is 2.29. The van der Waals surface area contributed by atoms with Gasteiger partial charge in [0.1, 0.15) is 11.6 Å². The van der Waals surface area contributed by atoms with E-state index in [9.17, 15) is 4.39 Å². The number of aliphatic hydroxyl groups is 1. The first-order chi connectivity index (χ1) is 8.19. The van der Waals surface area contributed by atoms with Gasteiger partial charge in [0, 0.05) is 18.3 Å². The maximum Gasteiger partial charge on any atom is 0.219 e. The van der Waals surface area contributed by atoms with Crippen molar-refractivity contribution in [2.45, 2.75) is 6.61 Å². The zero-order valence-corrected chi connectivity index (χ0v) is 10.3. The lowest BCUT2D eigenvalue weighted by Gasteiger charge is -2.07. The van der Waals surface area contributed by atoms with E-state index in [0.29, 0.717) is 21.7 Å². The predicted octanol–water partition coefficient (Wildman–Crippen LogP) is 3.27. The maximum absolute atomic E-state index is 13.0. The molecule has 1 N–H and O–H groups in total. The molecule has 1 aromatic heterocycles. The Labute approximate surface area is 106 Å². The molecule has 0 aliphatic carbocycles. The minimum Gasteiger partial charge on any atom is -0.438 e. The first kappa shape index (κ1) is 12.0. The number of aromatic nitrogens is 1. The van der Waals surface area contributed by atoms with Crippen molar-refractivity contribution in [1.29, 1.82) is 0 Å². The molecule has 1 aromatic carbocycles. The van der Waals surface area contributed by atoms with Crippen molar-refractivity contribution in [3.63, 3.8) is 0 Å². The van der Waals surface area contributed by atoms with E-state index in [4.69, 9.17) is 9.84 Å². The van der Waals surface area contributed by atoms with Gasteiger partial charge in [0.2, 0.25) is 5.88 Å². The Hall–Kier alpha value is -1.46. The zero-order chi connectivity index (χ0) is 12.3. The van der Waals surface area contributed by atoms with E-state index in [-0.39, 0.29) is 12.4 Å². The van der Waals surface area contributed by atoms with Crippen LogP contribution in [0.2, 0.25) is 0 Å². The Morgan fingerprint density at radius 1 is 1.29 bits per heavy atom. The molecule has 0 aliphatic rings. The summed E-state index contributed by atoms with van der Waals surface area (Å²) in [6, 6.07) is 7.41. The lowest BCUT2D eigenvalue weighted by atomic mass is 10.3. The van der Waals surface area contributed by atoms with Crippen LogP contribution in [0.25, 0.3) is 0 Å². The highest BCUT2D eigenvalue weighted by Gasteiger charge is 2.05. The van der Waals surface area contributed by atoms with E-state index in [1.807, 2.05) is 0 Å². The van der Waals surface area contributed by atoms with Crippen molar-refractivity contribution in [2.75, 3.05) is 0 Å². The van der Waals surface area contributed by atoms with E-state index >= 15 is 0 Å². The SMILES string of the molecule is OCc1ccnc(Oc2cc(F)ccc2Br)c1. The van der Waals surface area contributed by atoms with Crippen LogP contribution in [0, 0.1) is 5.82 Å². The number of hydrogen-bond donors (Lipinski definition) is 1. The van der Waals surface area contributed by atoms with Gasteiger partial charge in [0.15, 0.2) is 0 Å². The fraction of sp³-hybridized carbons (Fsp3) is 0.0833. The van der Waals surface area contributed by atoms with E-state index in [1.54, 1.807) is 18.2 Å². The second kappa shape index (κ2) is 5.25. The summed E-state index contributed by atoms with van der Waals surface area (Å²) in [5, 5.41) is 8.97. The van der Waals surface area contributed by atoms with Gasteiger partial charge in [-0.1, -0.05) is 0 Å². The number of rotatable bonds is 3. The molecule has 88 valence electrons. The molecule has 2 rings (SSSR count). The highest BCUT2D eigenvalue weighted by molar-refractivity contribution is 9.10. The van der Waals surface area contributed by atoms with Crippen LogP contribution < -0.4 is 4.74 Å². The van der Waals surface area contributed by atoms with Crippen molar-refractivity contribution < 1.29 is 14.2 Å². The van der Waals surface area contributed by atoms with Crippen molar-refractivity contribution in [2.24, 2.45) is 0 Å². The molecule has 0 saturated carbocycles. The van der Waals surface area contributed by atoms with Crippen LogP contribution in [0.4, 0.5) is 4.39 Å². The molecule has 17 heavy (non-hydrogen) atoms. The molecule has 0 atom stereocenters. The number of halogens is 2. The summed E-state index contributed by atoms with van der Waals surface area (Å²) in [6.45, 7) is -0.0940. The molecule has 0 spiro atoms. The third kappa shape index (κ3) is 3.01. The van der Waals surface area contributed by atoms with Crippen molar-refractivity contribution in [3.05, 3.63) is 52.4 Å². The van der Waals surface area contributed by atoms with Gasteiger partial charge in [0.25, 0.3) is 0 Å². The van der Waals surface area contributed by atoms with Gasteiger partial charge in [0.05, 0.1) is 11.1 Å². The quantitative estimate of drug-likeness (QED) is 0.945. The molecule has 0 radical (unpaired) electrons. The summed E-state index contributed by atoms with van der Waals surface area (Å²) >= 11 is 3.25. The maximum atomic E-state index is 13.0. The lowest BCUT2D eigenvalue weighted by molar-refractivity contribution is 0.281. The van der Waals surface area contributed by atoms with Crippen LogP contribution in [-0.4, -0.2) is 10.1 Å². The highest BCUT2D eigenvalue weighted by atomic mass is 79.9. The summed E-state index contributed by atoms with van der Waals surface area (Å²) in [7, 11) is 0. The van der Waals surface area contributed by atoms with Gasteiger partial charge < -0.3 is 9.84 Å². The standard InChI is InChI=1S/C12H9BrFNO2/c13-10-2-1-9(14)6-11(10)17-12-5-8(7-16)3-4-15-12/h1-6,16H,7H2. The summed E-state index contributed by atoms with van der Waals surface area (Å²) < 4.78 is 19.1. The Morgan fingerprint density at radius 2 is 2.12 bits per heavy atom. The largest absolute Gasteiger partial charge is 0.438 e. The molecule has 0 fully saturated rings. The molecule has 0 saturated heterocycles. The molecule has 5 heteroatoms. The van der Waals surface area contributed by atoms with E-state index in [2.05, 4.69) is 20.9 Å². The first-order valence-corrected chi connectivity index (χ1v) is 5.67. The van der Waals surface area contributed by atoms with Crippen LogP contribution in [0.5, 0.6) is 11.6 Å². The number of aliphatic hydroxyl groups excluding tert-OH is 1. The molecule has 0 unspecified atom stereocenters. The number of ether oxygens (including phenoxy) is 1. The summed E-state index contributed by atoms with van der Waals surface area (Å²) in [6.07, 6.45) is 1.52. The van der Waals surface area contributed by atoms with E-state index in [1.165, 1.54) is 18.3 Å². The topological polar surface area (TPSA) is 42.4 Å². The lowest BCUT2D eigenvalue weighted by Crippen LogP contribution is -1.91. The molecular formula is C12H9BrFNO2. The van der Waals surface area contributed by atoms with Gasteiger partial charge in [-0.15, -0.1) is 0 Å². The Bertz CT molecular complexity index is 534. The van der Waals surface area contributed by atoms with Crippen molar-refractivity contribution in [1.82, 2.24) is 4.98 Å². The number of pyridine rings is 1. The summed E-state index contributed by atoms with van der Waals surface area (Å²) in [5.74, 6) is 0.261. The number of benzene rings is 1. The smallest absolute Gasteiger partial charge is 0.219 e. The van der Waals surface area contributed by atoms with Gasteiger partial charge in [-0.25, -0.2) is 9.37 Å². The molecule has 3 nitrogen and oxygen atoms in total. The summed E-state index contributed by atoms with van der Waals surface area (Å²) in [5.41, 5.74) is 0.683. The zero-order valence-electron chi connectivity index (χ0n) is 8.73. The van der Waals surface area contributed by atoms with Crippen molar-refractivity contribution >= 4 is 15.9 Å². The normalized spacial score (nSPS) is 10.3. The fourth-order valence-electron chi connectivity index (χ4n) is 1.27. The van der Waals surface area contributed by atoms with Crippen LogP contribution in [-0.2, 0) is 6.61 Å². The second-order valence-electron chi connectivity index (χ2n) is 3.34. The molecular weight excluding hydrogens is 289 g/mol. The van der Waals surface area contributed by atoms with Crippen LogP contribution in [0.15, 0.2) is 41.0 Å². The van der Waals surface area contributed by atoms with Crippen LogP contribution >= 0.6 is 15.9 Å². The molecule has 0 amide bonds. The Balaban J connectivity index is 2.27. The Morgan fingerprint density at radius 3 is 2.88 bits per heavy atom. The third-order valence-electron chi connectivity index (χ3n) is 2.09. The van der Waals surface area contributed by atoms with Crippen LogP contribution in [0.1, 0.15) is 5.56 Å². The summed E-state index contributed by atoms with van der Waals surface area (Å²) in [4.78, 5) is 3.98. The van der Waals surface area contributed by atoms with Gasteiger partial charge >= 0.3 is 0 Å². The van der Waals surface area contributed by atoms with Gasteiger partial charge in [-0.05, 0) is 39.7 Å². The minimum absolute atomic E-state index is 0.0940. The average Bonchev–Trinajstić information content (AvgIpc) is 2.34. The first-order valence-electron chi connectivity index (χ1n) is 4.88.